The van der Waals surface area contributed by atoms with Crippen LogP contribution in [-0.4, -0.2) is 55.4 Å². The average molecular weight is 408 g/mol. The summed E-state index contributed by atoms with van der Waals surface area (Å²) < 4.78 is 14.3. The summed E-state index contributed by atoms with van der Waals surface area (Å²) in [5.41, 5.74) is 0.115. The Morgan fingerprint density at radius 3 is 2.03 bits per heavy atom. The van der Waals surface area contributed by atoms with Crippen LogP contribution in [0.3, 0.4) is 0 Å². The molecule has 0 heterocycles. The first-order valence-electron chi connectivity index (χ1n) is 8.25. The van der Waals surface area contributed by atoms with Crippen molar-refractivity contribution in [1.82, 2.24) is 0 Å². The molecule has 29 heavy (non-hydrogen) atoms. The van der Waals surface area contributed by atoms with Crippen LogP contribution >= 0.6 is 0 Å². The van der Waals surface area contributed by atoms with Gasteiger partial charge in [-0.15, -0.1) is 0 Å². The van der Waals surface area contributed by atoms with Crippen LogP contribution in [0.25, 0.3) is 0 Å². The number of aromatic carboxylic acids is 1. The highest BCUT2D eigenvalue weighted by molar-refractivity contribution is 5.95. The van der Waals surface area contributed by atoms with Gasteiger partial charge in [0, 0.05) is 12.2 Å². The highest BCUT2D eigenvalue weighted by Crippen LogP contribution is 2.15. The van der Waals surface area contributed by atoms with Gasteiger partial charge in [0.05, 0.1) is 11.1 Å². The third-order valence-electron chi connectivity index (χ3n) is 3.18. The van der Waals surface area contributed by atoms with Crippen molar-refractivity contribution < 1.29 is 48.3 Å². The van der Waals surface area contributed by atoms with Crippen molar-refractivity contribution in [3.8, 4) is 0 Å². The van der Waals surface area contributed by atoms with E-state index in [1.807, 2.05) is 0 Å². The maximum atomic E-state index is 12.3. The van der Waals surface area contributed by atoms with Gasteiger partial charge >= 0.3 is 23.9 Å². The third-order valence-corrected chi connectivity index (χ3v) is 3.18. The number of carboxylic acid groups (broad SMARTS) is 1. The zero-order valence-electron chi connectivity index (χ0n) is 15.5. The van der Waals surface area contributed by atoms with E-state index >= 15 is 0 Å². The molecule has 0 aliphatic carbocycles. The monoisotopic (exact) mass is 408 g/mol. The van der Waals surface area contributed by atoms with Gasteiger partial charge in [0.25, 0.3) is 0 Å². The molecule has 10 nitrogen and oxygen atoms in total. The van der Waals surface area contributed by atoms with Gasteiger partial charge in [-0.3, -0.25) is 0 Å². The summed E-state index contributed by atoms with van der Waals surface area (Å²) in [6.45, 7) is 5.71. The van der Waals surface area contributed by atoms with E-state index in [1.54, 1.807) is 0 Å². The highest BCUT2D eigenvalue weighted by Gasteiger charge is 2.17. The van der Waals surface area contributed by atoms with Crippen molar-refractivity contribution >= 4 is 23.9 Å². The van der Waals surface area contributed by atoms with Gasteiger partial charge in [-0.2, -0.15) is 0 Å². The first-order chi connectivity index (χ1) is 13.9. The van der Waals surface area contributed by atoms with E-state index in [1.165, 1.54) is 12.1 Å². The lowest BCUT2D eigenvalue weighted by Crippen LogP contribution is -2.15. The van der Waals surface area contributed by atoms with Gasteiger partial charge in [0.1, 0.15) is 33.0 Å². The Hall–Kier alpha value is -3.50. The fraction of sp³-hybridized carbons (Fsp3) is 0.263. The molecule has 1 rings (SSSR count). The molecule has 0 saturated carbocycles. The SMILES string of the molecule is C=CC(=O)OCCOOCc1ccc(C(=O)O)cc1C(=O)OCCOC(=O)C=C. The minimum atomic E-state index is -1.23. The van der Waals surface area contributed by atoms with Gasteiger partial charge in [0.15, 0.2) is 0 Å². The first-order valence-corrected chi connectivity index (χ1v) is 8.25. The summed E-state index contributed by atoms with van der Waals surface area (Å²) in [6, 6.07) is 3.79. The second-order valence-electron chi connectivity index (χ2n) is 5.14. The van der Waals surface area contributed by atoms with E-state index in [4.69, 9.17) is 19.6 Å². The second-order valence-corrected chi connectivity index (χ2v) is 5.14. The van der Waals surface area contributed by atoms with E-state index in [0.29, 0.717) is 5.56 Å². The summed E-state index contributed by atoms with van der Waals surface area (Å²) >= 11 is 0. The normalized spacial score (nSPS) is 9.93. The number of ether oxygens (including phenoxy) is 3. The Morgan fingerprint density at radius 2 is 1.45 bits per heavy atom. The van der Waals surface area contributed by atoms with Crippen molar-refractivity contribution in [1.29, 1.82) is 0 Å². The van der Waals surface area contributed by atoms with E-state index in [2.05, 4.69) is 22.6 Å². The molecule has 156 valence electrons. The maximum Gasteiger partial charge on any atom is 0.338 e. The maximum absolute atomic E-state index is 12.3. The molecule has 0 bridgehead atoms. The lowest BCUT2D eigenvalue weighted by Gasteiger charge is -2.11. The van der Waals surface area contributed by atoms with Gasteiger partial charge in [0.2, 0.25) is 0 Å². The Kier molecular flexibility index (Phi) is 10.4. The number of hydrogen-bond donors (Lipinski definition) is 1. The predicted molar refractivity (Wildman–Crippen MR) is 96.7 cm³/mol. The minimum Gasteiger partial charge on any atom is -0.478 e. The minimum absolute atomic E-state index is 0.0540. The van der Waals surface area contributed by atoms with Gasteiger partial charge in [-0.05, 0) is 17.7 Å². The average Bonchev–Trinajstić information content (AvgIpc) is 2.72. The Bertz CT molecular complexity index is 768. The van der Waals surface area contributed by atoms with E-state index < -0.39 is 23.9 Å². The van der Waals surface area contributed by atoms with Crippen LogP contribution in [0.4, 0.5) is 0 Å². The zero-order valence-corrected chi connectivity index (χ0v) is 15.5. The quantitative estimate of drug-likeness (QED) is 0.128. The number of carboxylic acids is 1. The van der Waals surface area contributed by atoms with E-state index in [9.17, 15) is 19.2 Å². The van der Waals surface area contributed by atoms with Crippen LogP contribution in [0.2, 0.25) is 0 Å². The van der Waals surface area contributed by atoms with Gasteiger partial charge in [-0.1, -0.05) is 19.2 Å². The van der Waals surface area contributed by atoms with Crippen LogP contribution in [0.5, 0.6) is 0 Å². The summed E-state index contributed by atoms with van der Waals surface area (Å²) in [4.78, 5) is 55.0. The lowest BCUT2D eigenvalue weighted by atomic mass is 10.0. The van der Waals surface area contributed by atoms with Crippen LogP contribution in [0.15, 0.2) is 43.5 Å². The summed E-state index contributed by atoms with van der Waals surface area (Å²) in [7, 11) is 0. The van der Waals surface area contributed by atoms with Crippen molar-refractivity contribution in [2.75, 3.05) is 26.4 Å². The number of benzene rings is 1. The first kappa shape index (κ1) is 23.5. The molecule has 0 fully saturated rings. The molecule has 0 aliphatic heterocycles. The van der Waals surface area contributed by atoms with E-state index in [-0.39, 0.29) is 44.2 Å². The predicted octanol–water partition coefficient (Wildman–Crippen LogP) is 1.45. The molecule has 1 N–H and O–H groups in total. The molecule has 0 spiro atoms. The second kappa shape index (κ2) is 12.8. The molecule has 0 saturated heterocycles. The highest BCUT2D eigenvalue weighted by atomic mass is 17.2. The standard InChI is InChI=1S/C19H20O10/c1-3-16(20)25-7-8-27-19(24)15-11-13(18(22)23)5-6-14(15)12-29-28-10-9-26-17(21)4-2/h3-6,11H,1-2,7-10,12H2,(H,22,23). The molecule has 0 radical (unpaired) electrons. The fourth-order valence-corrected chi connectivity index (χ4v) is 1.84. The van der Waals surface area contributed by atoms with Crippen LogP contribution in [0, 0.1) is 0 Å². The molecule has 10 heteroatoms. The molecule has 0 aromatic heterocycles. The van der Waals surface area contributed by atoms with Crippen molar-refractivity contribution in [3.63, 3.8) is 0 Å². The number of rotatable bonds is 13. The molecule has 1 aromatic rings. The topological polar surface area (TPSA) is 135 Å². The van der Waals surface area contributed by atoms with Crippen LogP contribution in [-0.2, 0) is 40.2 Å². The number of hydrogen-bond acceptors (Lipinski definition) is 9. The van der Waals surface area contributed by atoms with Crippen molar-refractivity contribution in [3.05, 3.63) is 60.2 Å². The third kappa shape index (κ3) is 8.82. The molecular formula is C19H20O10. The molecule has 0 atom stereocenters. The Morgan fingerprint density at radius 1 is 0.862 bits per heavy atom. The lowest BCUT2D eigenvalue weighted by molar-refractivity contribution is -0.307. The summed E-state index contributed by atoms with van der Waals surface area (Å²) in [5.74, 6) is -3.34. The number of esters is 3. The van der Waals surface area contributed by atoms with Crippen LogP contribution in [0.1, 0.15) is 26.3 Å². The number of carbonyl (C=O) groups is 4. The van der Waals surface area contributed by atoms with Gasteiger partial charge < -0.3 is 19.3 Å². The molecule has 0 aliphatic rings. The largest absolute Gasteiger partial charge is 0.478 e. The van der Waals surface area contributed by atoms with Crippen molar-refractivity contribution in [2.24, 2.45) is 0 Å². The molecule has 0 unspecified atom stereocenters. The smallest absolute Gasteiger partial charge is 0.338 e. The molecule has 1 aromatic carbocycles. The van der Waals surface area contributed by atoms with Gasteiger partial charge in [-0.25, -0.2) is 29.0 Å². The Labute approximate surface area is 166 Å². The van der Waals surface area contributed by atoms with Crippen LogP contribution < -0.4 is 0 Å². The molecule has 0 amide bonds. The fourth-order valence-electron chi connectivity index (χ4n) is 1.84. The van der Waals surface area contributed by atoms with E-state index in [0.717, 1.165) is 18.2 Å². The summed E-state index contributed by atoms with van der Waals surface area (Å²) in [5, 5.41) is 9.10. The zero-order chi connectivity index (χ0) is 21.6. The summed E-state index contributed by atoms with van der Waals surface area (Å²) in [6.07, 6.45) is 1.97. The van der Waals surface area contributed by atoms with Crippen molar-refractivity contribution in [2.45, 2.75) is 6.61 Å². The number of carbonyl (C=O) groups excluding carboxylic acids is 3. The Balaban J connectivity index is 2.64. The molecular weight excluding hydrogens is 388 g/mol.